The van der Waals surface area contributed by atoms with Crippen LogP contribution in [0, 0.1) is 13.8 Å². The van der Waals surface area contributed by atoms with Crippen LogP contribution in [0.1, 0.15) is 48.4 Å². The van der Waals surface area contributed by atoms with E-state index in [-0.39, 0.29) is 33.2 Å². The molecule has 0 aliphatic carbocycles. The molecule has 0 saturated carbocycles. The van der Waals surface area contributed by atoms with Gasteiger partial charge in [0.1, 0.15) is 17.9 Å². The van der Waals surface area contributed by atoms with Gasteiger partial charge in [-0.05, 0) is 74.9 Å². The first-order valence-electron chi connectivity index (χ1n) is 9.26. The van der Waals surface area contributed by atoms with Crippen LogP contribution in [0.25, 0.3) is 0 Å². The number of phenolic OH excluding ortho intramolecular Hbond substituents is 1. The molecule has 0 atom stereocenters. The fourth-order valence-corrected chi connectivity index (χ4v) is 4.46. The Morgan fingerprint density at radius 1 is 1.16 bits per heavy atom. The van der Waals surface area contributed by atoms with Gasteiger partial charge < -0.3 is 20.3 Å². The van der Waals surface area contributed by atoms with E-state index in [4.69, 9.17) is 9.84 Å². The van der Waals surface area contributed by atoms with E-state index >= 15 is 0 Å². The van der Waals surface area contributed by atoms with E-state index in [0.29, 0.717) is 11.1 Å². The standard InChI is InChI=1S/C21H20Br2F3NO5/c1-8(2)12-6-11(5-9(3)19(12)31)32-20-16(22)10(4)18(27-13(28)7-14(29)30)15(17(20)23)21(24,25)26/h5-6,8,31H,7H2,1-4H3,(H,27,28)(H,29,30). The van der Waals surface area contributed by atoms with Gasteiger partial charge in [0, 0.05) is 5.56 Å². The van der Waals surface area contributed by atoms with Crippen LogP contribution in [0.5, 0.6) is 17.2 Å². The number of nitrogens with one attached hydrogen (secondary N) is 1. The van der Waals surface area contributed by atoms with Crippen LogP contribution in [0.3, 0.4) is 0 Å². The van der Waals surface area contributed by atoms with Crippen molar-refractivity contribution in [1.82, 2.24) is 0 Å². The monoisotopic (exact) mass is 581 g/mol. The first-order valence-corrected chi connectivity index (χ1v) is 10.8. The van der Waals surface area contributed by atoms with Crippen molar-refractivity contribution in [2.24, 2.45) is 0 Å². The van der Waals surface area contributed by atoms with Gasteiger partial charge in [-0.25, -0.2) is 0 Å². The number of ether oxygens (including phenoxy) is 1. The van der Waals surface area contributed by atoms with E-state index in [2.05, 4.69) is 31.9 Å². The fourth-order valence-electron chi connectivity index (χ4n) is 3.01. The number of carboxylic acid groups (broad SMARTS) is 1. The number of aliphatic carboxylic acids is 1. The highest BCUT2D eigenvalue weighted by atomic mass is 79.9. The van der Waals surface area contributed by atoms with Gasteiger partial charge >= 0.3 is 12.1 Å². The number of hydrogen-bond donors (Lipinski definition) is 3. The lowest BCUT2D eigenvalue weighted by Crippen LogP contribution is -2.21. The zero-order valence-electron chi connectivity index (χ0n) is 17.4. The van der Waals surface area contributed by atoms with E-state index in [1.165, 1.54) is 19.1 Å². The van der Waals surface area contributed by atoms with Crippen LogP contribution in [0.15, 0.2) is 21.1 Å². The third kappa shape index (κ3) is 5.55. The molecule has 2 rings (SSSR count). The summed E-state index contributed by atoms with van der Waals surface area (Å²) in [6.07, 6.45) is -5.89. The molecule has 0 aliphatic heterocycles. The number of rotatable bonds is 6. The number of amides is 1. The molecule has 1 amide bonds. The Morgan fingerprint density at radius 2 is 1.75 bits per heavy atom. The number of carboxylic acids is 1. The fraction of sp³-hybridized carbons (Fsp3) is 0.333. The summed E-state index contributed by atoms with van der Waals surface area (Å²) in [4.78, 5) is 22.6. The largest absolute Gasteiger partial charge is 0.507 e. The quantitative estimate of drug-likeness (QED) is 0.323. The van der Waals surface area contributed by atoms with Gasteiger partial charge in [0.2, 0.25) is 5.91 Å². The normalized spacial score (nSPS) is 11.6. The molecule has 0 aromatic heterocycles. The Hall–Kier alpha value is -2.27. The number of carbonyl (C=O) groups excluding carboxylic acids is 1. The molecule has 0 fully saturated rings. The van der Waals surface area contributed by atoms with Crippen molar-refractivity contribution in [3.05, 3.63) is 43.3 Å². The van der Waals surface area contributed by atoms with Crippen LogP contribution >= 0.6 is 31.9 Å². The molecule has 0 saturated heterocycles. The summed E-state index contributed by atoms with van der Waals surface area (Å²) in [6.45, 7) is 6.68. The van der Waals surface area contributed by atoms with E-state index < -0.39 is 40.2 Å². The van der Waals surface area contributed by atoms with Crippen molar-refractivity contribution in [1.29, 1.82) is 0 Å². The van der Waals surface area contributed by atoms with Gasteiger partial charge in [0.15, 0.2) is 5.75 Å². The Morgan fingerprint density at radius 3 is 2.25 bits per heavy atom. The highest BCUT2D eigenvalue weighted by Crippen LogP contribution is 2.51. The molecule has 0 heterocycles. The Bertz CT molecular complexity index is 1080. The molecule has 32 heavy (non-hydrogen) atoms. The molecule has 6 nitrogen and oxygen atoms in total. The minimum absolute atomic E-state index is 0.00570. The average molecular weight is 583 g/mol. The number of aryl methyl sites for hydroxylation is 1. The zero-order valence-corrected chi connectivity index (χ0v) is 20.6. The molecule has 0 unspecified atom stereocenters. The predicted octanol–water partition coefficient (Wildman–Crippen LogP) is 6.88. The van der Waals surface area contributed by atoms with E-state index in [9.17, 15) is 27.9 Å². The molecule has 0 bridgehead atoms. The summed E-state index contributed by atoms with van der Waals surface area (Å²) < 4.78 is 47.3. The summed E-state index contributed by atoms with van der Waals surface area (Å²) >= 11 is 6.16. The highest BCUT2D eigenvalue weighted by molar-refractivity contribution is 9.11. The number of anilines is 1. The molecule has 2 aromatic carbocycles. The third-order valence-corrected chi connectivity index (χ3v) is 6.29. The van der Waals surface area contributed by atoms with E-state index in [1.54, 1.807) is 6.92 Å². The first-order chi connectivity index (χ1) is 14.6. The maximum absolute atomic E-state index is 13.9. The van der Waals surface area contributed by atoms with E-state index in [1.807, 2.05) is 19.2 Å². The molecular formula is C21H20Br2F3NO5. The molecule has 3 N–H and O–H groups in total. The lowest BCUT2D eigenvalue weighted by atomic mass is 9.99. The molecule has 0 radical (unpaired) electrons. The van der Waals surface area contributed by atoms with Crippen LogP contribution in [-0.4, -0.2) is 22.1 Å². The minimum Gasteiger partial charge on any atom is -0.507 e. The number of halogens is 5. The van der Waals surface area contributed by atoms with Gasteiger partial charge in [-0.2, -0.15) is 13.2 Å². The van der Waals surface area contributed by atoms with Gasteiger partial charge in [0.25, 0.3) is 0 Å². The second-order valence-electron chi connectivity index (χ2n) is 7.38. The summed E-state index contributed by atoms with van der Waals surface area (Å²) in [7, 11) is 0. The van der Waals surface area contributed by atoms with Crippen LogP contribution in [0.2, 0.25) is 0 Å². The Balaban J connectivity index is 2.67. The van der Waals surface area contributed by atoms with Crippen molar-refractivity contribution in [3.63, 3.8) is 0 Å². The number of benzene rings is 2. The van der Waals surface area contributed by atoms with Gasteiger partial charge in [0.05, 0.1) is 20.2 Å². The molecule has 11 heteroatoms. The van der Waals surface area contributed by atoms with Crippen molar-refractivity contribution >= 4 is 49.4 Å². The average Bonchev–Trinajstić information content (AvgIpc) is 2.63. The lowest BCUT2D eigenvalue weighted by molar-refractivity contribution is -0.139. The first kappa shape index (κ1) is 26.0. The van der Waals surface area contributed by atoms with Gasteiger partial charge in [-0.3, -0.25) is 9.59 Å². The molecule has 0 aliphatic rings. The Labute approximate surface area is 199 Å². The molecule has 2 aromatic rings. The smallest absolute Gasteiger partial charge is 0.419 e. The number of alkyl halides is 3. The minimum atomic E-state index is -4.90. The van der Waals surface area contributed by atoms with Crippen molar-refractivity contribution < 1.29 is 37.7 Å². The number of phenols is 1. The van der Waals surface area contributed by atoms with Crippen molar-refractivity contribution in [3.8, 4) is 17.2 Å². The predicted molar refractivity (Wildman–Crippen MR) is 119 cm³/mol. The number of carbonyl (C=O) groups is 2. The number of aromatic hydroxyl groups is 1. The summed E-state index contributed by atoms with van der Waals surface area (Å²) in [5.74, 6) is -2.55. The third-order valence-electron chi connectivity index (χ3n) is 4.58. The second-order valence-corrected chi connectivity index (χ2v) is 8.97. The summed E-state index contributed by atoms with van der Waals surface area (Å²) in [6, 6.07) is 3.03. The number of hydrogen-bond acceptors (Lipinski definition) is 4. The molecule has 0 spiro atoms. The Kier molecular flexibility index (Phi) is 7.87. The zero-order chi connectivity index (χ0) is 24.5. The van der Waals surface area contributed by atoms with Crippen molar-refractivity contribution in [2.45, 2.75) is 46.2 Å². The van der Waals surface area contributed by atoms with E-state index in [0.717, 1.165) is 0 Å². The van der Waals surface area contributed by atoms with Gasteiger partial charge in [-0.1, -0.05) is 13.8 Å². The van der Waals surface area contributed by atoms with Gasteiger partial charge in [-0.15, -0.1) is 0 Å². The molecule has 174 valence electrons. The van der Waals surface area contributed by atoms with Crippen molar-refractivity contribution in [2.75, 3.05) is 5.32 Å². The maximum Gasteiger partial charge on any atom is 0.419 e. The topological polar surface area (TPSA) is 95.9 Å². The van der Waals surface area contributed by atoms with Crippen LogP contribution in [-0.2, 0) is 15.8 Å². The summed E-state index contributed by atoms with van der Waals surface area (Å²) in [5.41, 5.74) is -0.749. The molecular weight excluding hydrogens is 563 g/mol. The highest BCUT2D eigenvalue weighted by Gasteiger charge is 2.40. The summed E-state index contributed by atoms with van der Waals surface area (Å²) in [5, 5.41) is 21.0. The van der Waals surface area contributed by atoms with Crippen LogP contribution < -0.4 is 10.1 Å². The lowest BCUT2D eigenvalue weighted by Gasteiger charge is -2.23. The second kappa shape index (κ2) is 9.70. The maximum atomic E-state index is 13.9. The SMILES string of the molecule is Cc1cc(Oc2c(Br)c(C)c(NC(=O)CC(=O)O)c(C(F)(F)F)c2Br)cc(C(C)C)c1O. The van der Waals surface area contributed by atoms with Crippen LogP contribution in [0.4, 0.5) is 18.9 Å².